The molecule has 1 fully saturated rings. The first-order valence-electron chi connectivity index (χ1n) is 7.78. The molecule has 3 rings (SSSR count). The summed E-state index contributed by atoms with van der Waals surface area (Å²) in [5.74, 6) is -0.348. The van der Waals surface area contributed by atoms with Crippen molar-refractivity contribution < 1.29 is 14.0 Å². The average Bonchev–Trinajstić information content (AvgIpc) is 2.88. The minimum Gasteiger partial charge on any atom is -0.422 e. The molecular weight excluding hydrogens is 310 g/mol. The topological polar surface area (TPSA) is 82.9 Å². The smallest absolute Gasteiger partial charge is 0.341 e. The van der Waals surface area contributed by atoms with Crippen LogP contribution in [0, 0.1) is 6.92 Å². The van der Waals surface area contributed by atoms with Gasteiger partial charge in [0, 0.05) is 30.7 Å². The standard InChI is InChI=1S/C17H19N3O4/c1-4-19(3)11-5-6-12-10(2)13(16(22)24-14(12)7-11)9-20-15(21)8-18-17(20)23/h5-7H,4,8-9H2,1-3H3,(H,18,23). The van der Waals surface area contributed by atoms with Crippen LogP contribution in [-0.2, 0) is 11.3 Å². The van der Waals surface area contributed by atoms with Crippen LogP contribution in [0.2, 0.25) is 0 Å². The van der Waals surface area contributed by atoms with Crippen molar-refractivity contribution in [3.63, 3.8) is 0 Å². The van der Waals surface area contributed by atoms with Crippen LogP contribution in [0.3, 0.4) is 0 Å². The van der Waals surface area contributed by atoms with E-state index in [1.807, 2.05) is 37.1 Å². The molecular formula is C17H19N3O4. The second kappa shape index (κ2) is 5.99. The van der Waals surface area contributed by atoms with Gasteiger partial charge in [-0.3, -0.25) is 9.69 Å². The summed E-state index contributed by atoms with van der Waals surface area (Å²) in [6, 6.07) is 5.18. The number of carbonyl (C=O) groups excluding carboxylic acids is 2. The Morgan fingerprint density at radius 2 is 2.04 bits per heavy atom. The molecule has 0 aliphatic carbocycles. The third kappa shape index (κ3) is 2.62. The van der Waals surface area contributed by atoms with Crippen LogP contribution >= 0.6 is 0 Å². The molecule has 0 spiro atoms. The van der Waals surface area contributed by atoms with Crippen LogP contribution in [0.25, 0.3) is 11.0 Å². The van der Waals surface area contributed by atoms with Crippen molar-refractivity contribution in [2.45, 2.75) is 20.4 Å². The van der Waals surface area contributed by atoms with E-state index in [0.717, 1.165) is 28.1 Å². The van der Waals surface area contributed by atoms with Crippen molar-refractivity contribution in [2.75, 3.05) is 25.0 Å². The Hall–Kier alpha value is -2.83. The number of imide groups is 1. The van der Waals surface area contributed by atoms with Crippen molar-refractivity contribution in [3.8, 4) is 0 Å². The molecule has 0 radical (unpaired) electrons. The van der Waals surface area contributed by atoms with Crippen LogP contribution in [0.4, 0.5) is 10.5 Å². The van der Waals surface area contributed by atoms with Gasteiger partial charge in [0.05, 0.1) is 18.7 Å². The van der Waals surface area contributed by atoms with E-state index in [9.17, 15) is 14.4 Å². The van der Waals surface area contributed by atoms with Gasteiger partial charge in [-0.1, -0.05) is 0 Å². The fourth-order valence-electron chi connectivity index (χ4n) is 2.76. The molecule has 7 heteroatoms. The fourth-order valence-corrected chi connectivity index (χ4v) is 2.76. The minimum atomic E-state index is -0.524. The molecule has 1 aliphatic heterocycles. The number of anilines is 1. The van der Waals surface area contributed by atoms with E-state index in [1.54, 1.807) is 6.92 Å². The monoisotopic (exact) mass is 329 g/mol. The van der Waals surface area contributed by atoms with Crippen molar-refractivity contribution in [1.29, 1.82) is 0 Å². The van der Waals surface area contributed by atoms with Crippen molar-refractivity contribution in [2.24, 2.45) is 0 Å². The maximum absolute atomic E-state index is 12.4. The van der Waals surface area contributed by atoms with Crippen molar-refractivity contribution in [1.82, 2.24) is 10.2 Å². The summed E-state index contributed by atoms with van der Waals surface area (Å²) in [7, 11) is 1.96. The van der Waals surface area contributed by atoms with E-state index >= 15 is 0 Å². The number of benzene rings is 1. The highest BCUT2D eigenvalue weighted by molar-refractivity contribution is 6.02. The van der Waals surface area contributed by atoms with Gasteiger partial charge < -0.3 is 14.6 Å². The number of rotatable bonds is 4. The van der Waals surface area contributed by atoms with Crippen LogP contribution in [0.1, 0.15) is 18.1 Å². The summed E-state index contributed by atoms with van der Waals surface area (Å²) < 4.78 is 5.44. The third-order valence-corrected chi connectivity index (χ3v) is 4.44. The van der Waals surface area contributed by atoms with Gasteiger partial charge in [0.1, 0.15) is 5.58 Å². The van der Waals surface area contributed by atoms with E-state index in [-0.39, 0.29) is 19.0 Å². The first-order chi connectivity index (χ1) is 11.4. The number of urea groups is 1. The minimum absolute atomic E-state index is 0.0382. The normalized spacial score (nSPS) is 14.4. The lowest BCUT2D eigenvalue weighted by atomic mass is 10.0. The molecule has 7 nitrogen and oxygen atoms in total. The number of hydrogen-bond donors (Lipinski definition) is 1. The lowest BCUT2D eigenvalue weighted by molar-refractivity contribution is -0.125. The molecule has 1 aromatic carbocycles. The average molecular weight is 329 g/mol. The van der Waals surface area contributed by atoms with Gasteiger partial charge in [-0.25, -0.2) is 9.59 Å². The number of hydrogen-bond acceptors (Lipinski definition) is 5. The second-order valence-electron chi connectivity index (χ2n) is 5.83. The largest absolute Gasteiger partial charge is 0.422 e. The summed E-state index contributed by atoms with van der Waals surface area (Å²) in [5.41, 5.74) is 1.97. The quantitative estimate of drug-likeness (QED) is 0.681. The summed E-state index contributed by atoms with van der Waals surface area (Å²) >= 11 is 0. The van der Waals surface area contributed by atoms with Gasteiger partial charge in [0.2, 0.25) is 5.91 Å². The first-order valence-corrected chi connectivity index (χ1v) is 7.78. The van der Waals surface area contributed by atoms with Crippen LogP contribution in [-0.4, -0.2) is 37.0 Å². The molecule has 0 unspecified atom stereocenters. The summed E-state index contributed by atoms with van der Waals surface area (Å²) in [4.78, 5) is 38.8. The Balaban J connectivity index is 2.05. The van der Waals surface area contributed by atoms with Crippen molar-refractivity contribution in [3.05, 3.63) is 39.7 Å². The van der Waals surface area contributed by atoms with Gasteiger partial charge in [0.15, 0.2) is 0 Å². The van der Waals surface area contributed by atoms with Gasteiger partial charge in [-0.15, -0.1) is 0 Å². The Labute approximate surface area is 138 Å². The highest BCUT2D eigenvalue weighted by atomic mass is 16.4. The first kappa shape index (κ1) is 16.0. The maximum Gasteiger partial charge on any atom is 0.341 e. The van der Waals surface area contributed by atoms with Crippen LogP contribution in [0.5, 0.6) is 0 Å². The molecule has 2 aromatic rings. The summed E-state index contributed by atoms with van der Waals surface area (Å²) in [6.07, 6.45) is 0. The number of aryl methyl sites for hydroxylation is 1. The van der Waals surface area contributed by atoms with Gasteiger partial charge in [-0.2, -0.15) is 0 Å². The highest BCUT2D eigenvalue weighted by Gasteiger charge is 2.30. The zero-order valence-electron chi connectivity index (χ0n) is 13.9. The molecule has 1 saturated heterocycles. The lowest BCUT2D eigenvalue weighted by Crippen LogP contribution is -2.32. The molecule has 1 N–H and O–H groups in total. The Morgan fingerprint density at radius 1 is 1.29 bits per heavy atom. The Bertz CT molecular complexity index is 871. The predicted molar refractivity (Wildman–Crippen MR) is 90.1 cm³/mol. The molecule has 1 aliphatic rings. The summed E-state index contributed by atoms with van der Waals surface area (Å²) in [6.45, 7) is 4.55. The number of amides is 3. The maximum atomic E-state index is 12.4. The van der Waals surface area contributed by atoms with Crippen LogP contribution < -0.4 is 15.8 Å². The van der Waals surface area contributed by atoms with Gasteiger partial charge in [-0.05, 0) is 31.5 Å². The lowest BCUT2D eigenvalue weighted by Gasteiger charge is -2.18. The number of nitrogens with zero attached hydrogens (tertiary/aromatic N) is 2. The molecule has 0 bridgehead atoms. The molecule has 24 heavy (non-hydrogen) atoms. The van der Waals surface area contributed by atoms with Crippen molar-refractivity contribution >= 4 is 28.6 Å². The molecule has 0 atom stereocenters. The second-order valence-corrected chi connectivity index (χ2v) is 5.83. The fraction of sp³-hybridized carbons (Fsp3) is 0.353. The number of carbonyl (C=O) groups is 2. The molecule has 126 valence electrons. The van der Waals surface area contributed by atoms with E-state index in [0.29, 0.717) is 11.1 Å². The van der Waals surface area contributed by atoms with E-state index in [4.69, 9.17) is 4.42 Å². The predicted octanol–water partition coefficient (Wildman–Crippen LogP) is 1.61. The van der Waals surface area contributed by atoms with E-state index < -0.39 is 11.7 Å². The zero-order valence-corrected chi connectivity index (χ0v) is 13.9. The zero-order chi connectivity index (χ0) is 17.4. The molecule has 1 aromatic heterocycles. The van der Waals surface area contributed by atoms with Crippen LogP contribution in [0.15, 0.2) is 27.4 Å². The SMILES string of the molecule is CCN(C)c1ccc2c(C)c(CN3C(=O)CNC3=O)c(=O)oc2c1. The third-order valence-electron chi connectivity index (χ3n) is 4.44. The highest BCUT2D eigenvalue weighted by Crippen LogP contribution is 2.25. The molecule has 0 saturated carbocycles. The number of fused-ring (bicyclic) bond motifs is 1. The summed E-state index contributed by atoms with van der Waals surface area (Å²) in [5, 5.41) is 3.24. The van der Waals surface area contributed by atoms with Gasteiger partial charge >= 0.3 is 11.7 Å². The van der Waals surface area contributed by atoms with E-state index in [2.05, 4.69) is 5.32 Å². The Kier molecular flexibility index (Phi) is 4.01. The Morgan fingerprint density at radius 3 is 2.67 bits per heavy atom. The molecule has 2 heterocycles. The number of nitrogens with one attached hydrogen (secondary N) is 1. The molecule has 3 amide bonds. The van der Waals surface area contributed by atoms with Gasteiger partial charge in [0.25, 0.3) is 0 Å². The van der Waals surface area contributed by atoms with E-state index in [1.165, 1.54) is 0 Å².